The fraction of sp³-hybridized carbons (Fsp3) is 0.538. The van der Waals surface area contributed by atoms with Gasteiger partial charge in [-0.1, -0.05) is 24.6 Å². The number of aliphatic hydroxyl groups excluding tert-OH is 1. The summed E-state index contributed by atoms with van der Waals surface area (Å²) in [7, 11) is -3.50. The molecule has 19 heavy (non-hydrogen) atoms. The van der Waals surface area contributed by atoms with Gasteiger partial charge >= 0.3 is 0 Å². The molecule has 1 N–H and O–H groups in total. The lowest BCUT2D eigenvalue weighted by Crippen LogP contribution is -2.34. The summed E-state index contributed by atoms with van der Waals surface area (Å²) in [4.78, 5) is 0.190. The molecule has 106 valence electrons. The van der Waals surface area contributed by atoms with E-state index in [1.165, 1.54) is 16.4 Å². The highest BCUT2D eigenvalue weighted by Gasteiger charge is 2.36. The molecule has 1 aromatic rings. The number of sulfonamides is 1. The van der Waals surface area contributed by atoms with Gasteiger partial charge < -0.3 is 5.11 Å². The summed E-state index contributed by atoms with van der Waals surface area (Å²) in [6.07, 6.45) is 0.877. The van der Waals surface area contributed by atoms with Gasteiger partial charge in [0.2, 0.25) is 10.0 Å². The van der Waals surface area contributed by atoms with Gasteiger partial charge in [0, 0.05) is 17.6 Å². The van der Waals surface area contributed by atoms with Gasteiger partial charge in [-0.05, 0) is 37.0 Å². The summed E-state index contributed by atoms with van der Waals surface area (Å²) >= 11 is 5.96. The fourth-order valence-electron chi connectivity index (χ4n) is 2.55. The Balaban J connectivity index is 2.37. The molecule has 0 bridgehead atoms. The van der Waals surface area contributed by atoms with Crippen molar-refractivity contribution in [3.05, 3.63) is 28.8 Å². The lowest BCUT2D eigenvalue weighted by molar-refractivity contribution is 0.282. The molecule has 0 aromatic heterocycles. The highest BCUT2D eigenvalue weighted by molar-refractivity contribution is 7.89. The molecule has 1 heterocycles. The molecule has 0 spiro atoms. The molecule has 0 radical (unpaired) electrons. The van der Waals surface area contributed by atoms with Gasteiger partial charge in [0.05, 0.1) is 11.5 Å². The second-order valence-electron chi connectivity index (χ2n) is 5.18. The lowest BCUT2D eigenvalue weighted by atomic mass is 10.1. The Morgan fingerprint density at radius 3 is 2.58 bits per heavy atom. The quantitative estimate of drug-likeness (QED) is 0.932. The Kier molecular flexibility index (Phi) is 4.20. The van der Waals surface area contributed by atoms with Crippen molar-refractivity contribution in [2.75, 3.05) is 6.54 Å². The Morgan fingerprint density at radius 2 is 2.11 bits per heavy atom. The summed E-state index contributed by atoms with van der Waals surface area (Å²) in [5.41, 5.74) is 0.531. The monoisotopic (exact) mass is 303 g/mol. The molecule has 1 aliphatic heterocycles. The average molecular weight is 304 g/mol. The summed E-state index contributed by atoms with van der Waals surface area (Å²) in [5, 5.41) is 9.34. The van der Waals surface area contributed by atoms with Crippen molar-refractivity contribution in [3.8, 4) is 0 Å². The molecule has 1 saturated heterocycles. The number of rotatable bonds is 3. The minimum Gasteiger partial charge on any atom is -0.392 e. The van der Waals surface area contributed by atoms with Crippen LogP contribution in [-0.2, 0) is 16.6 Å². The highest BCUT2D eigenvalue weighted by Crippen LogP contribution is 2.30. The number of hydrogen-bond donors (Lipinski definition) is 1. The maximum absolute atomic E-state index is 12.5. The van der Waals surface area contributed by atoms with E-state index in [1.54, 1.807) is 6.07 Å². The van der Waals surface area contributed by atoms with Gasteiger partial charge in [-0.2, -0.15) is 4.31 Å². The van der Waals surface area contributed by atoms with Crippen molar-refractivity contribution in [1.29, 1.82) is 0 Å². The molecular weight excluding hydrogens is 286 g/mol. The Morgan fingerprint density at radius 1 is 1.42 bits per heavy atom. The van der Waals surface area contributed by atoms with E-state index >= 15 is 0 Å². The van der Waals surface area contributed by atoms with E-state index in [-0.39, 0.29) is 22.6 Å². The van der Waals surface area contributed by atoms with Crippen molar-refractivity contribution in [2.45, 2.75) is 37.8 Å². The maximum atomic E-state index is 12.5. The summed E-state index contributed by atoms with van der Waals surface area (Å²) < 4.78 is 26.6. The van der Waals surface area contributed by atoms with Crippen molar-refractivity contribution in [1.82, 2.24) is 4.31 Å². The maximum Gasteiger partial charge on any atom is 0.243 e. The first-order chi connectivity index (χ1) is 8.86. The van der Waals surface area contributed by atoms with Gasteiger partial charge in [0.1, 0.15) is 0 Å². The van der Waals surface area contributed by atoms with Crippen molar-refractivity contribution >= 4 is 21.6 Å². The van der Waals surface area contributed by atoms with E-state index in [4.69, 9.17) is 16.7 Å². The first-order valence-corrected chi connectivity index (χ1v) is 8.09. The van der Waals surface area contributed by atoms with Crippen molar-refractivity contribution < 1.29 is 13.5 Å². The van der Waals surface area contributed by atoms with Gasteiger partial charge in [-0.3, -0.25) is 0 Å². The third kappa shape index (κ3) is 2.79. The summed E-state index contributed by atoms with van der Waals surface area (Å²) in [5.74, 6) is 0.372. The second kappa shape index (κ2) is 5.40. The topological polar surface area (TPSA) is 57.6 Å². The molecule has 1 aromatic carbocycles. The van der Waals surface area contributed by atoms with Gasteiger partial charge in [0.25, 0.3) is 0 Å². The standard InChI is InChI=1S/C13H18ClNO3S/c1-9-5-10(2)15(7-9)19(17,18)12-4-3-11(8-16)13(14)6-12/h3-4,6,9-10,16H,5,7-8H2,1-2H3. The van der Waals surface area contributed by atoms with Gasteiger partial charge in [-0.25, -0.2) is 8.42 Å². The molecule has 0 amide bonds. The molecule has 0 saturated carbocycles. The number of benzene rings is 1. The molecule has 2 unspecified atom stereocenters. The van der Waals surface area contributed by atoms with E-state index in [2.05, 4.69) is 0 Å². The first-order valence-electron chi connectivity index (χ1n) is 6.27. The molecule has 1 aliphatic rings. The number of nitrogens with zero attached hydrogens (tertiary/aromatic N) is 1. The van der Waals surface area contributed by atoms with Gasteiger partial charge in [0.15, 0.2) is 0 Å². The molecule has 1 fully saturated rings. The Hall–Kier alpha value is -0.620. The SMILES string of the molecule is CC1CC(C)N(S(=O)(=O)c2ccc(CO)c(Cl)c2)C1. The highest BCUT2D eigenvalue weighted by atomic mass is 35.5. The minimum absolute atomic E-state index is 0.0105. The van der Waals surface area contributed by atoms with Crippen LogP contribution < -0.4 is 0 Å². The van der Waals surface area contributed by atoms with Crippen LogP contribution in [0, 0.1) is 5.92 Å². The fourth-order valence-corrected chi connectivity index (χ4v) is 4.64. The van der Waals surface area contributed by atoms with Crippen LogP contribution in [0.4, 0.5) is 0 Å². The number of halogens is 1. The van der Waals surface area contributed by atoms with E-state index in [9.17, 15) is 8.42 Å². The molecule has 2 atom stereocenters. The van der Waals surface area contributed by atoms with Crippen molar-refractivity contribution in [2.24, 2.45) is 5.92 Å². The van der Waals surface area contributed by atoms with Crippen LogP contribution >= 0.6 is 11.6 Å². The largest absolute Gasteiger partial charge is 0.392 e. The molecular formula is C13H18ClNO3S. The van der Waals surface area contributed by atoms with E-state index < -0.39 is 10.0 Å². The second-order valence-corrected chi connectivity index (χ2v) is 7.47. The zero-order chi connectivity index (χ0) is 14.2. The number of hydrogen-bond acceptors (Lipinski definition) is 3. The Labute approximate surface area is 119 Å². The minimum atomic E-state index is -3.50. The van der Waals surface area contributed by atoms with E-state index in [0.717, 1.165) is 6.42 Å². The lowest BCUT2D eigenvalue weighted by Gasteiger charge is -2.21. The van der Waals surface area contributed by atoms with Crippen molar-refractivity contribution in [3.63, 3.8) is 0 Å². The van der Waals surface area contributed by atoms with Crippen LogP contribution in [0.2, 0.25) is 5.02 Å². The predicted molar refractivity (Wildman–Crippen MR) is 74.5 cm³/mol. The van der Waals surface area contributed by atoms with Crippen LogP contribution in [0.3, 0.4) is 0 Å². The average Bonchev–Trinajstić information content (AvgIpc) is 2.69. The molecule has 2 rings (SSSR count). The summed E-state index contributed by atoms with van der Waals surface area (Å²) in [6.45, 7) is 4.32. The first kappa shape index (κ1) is 14.8. The zero-order valence-electron chi connectivity index (χ0n) is 11.0. The van der Waals surface area contributed by atoms with Crippen LogP contribution in [0.5, 0.6) is 0 Å². The predicted octanol–water partition coefficient (Wildman–Crippen LogP) is 2.25. The van der Waals surface area contributed by atoms with Crippen LogP contribution in [0.15, 0.2) is 23.1 Å². The van der Waals surface area contributed by atoms with Crippen LogP contribution in [0.25, 0.3) is 0 Å². The summed E-state index contributed by atoms with van der Waals surface area (Å²) in [6, 6.07) is 4.48. The Bertz CT molecular complexity index is 573. The van der Waals surface area contributed by atoms with E-state index in [1.807, 2.05) is 13.8 Å². The molecule has 6 heteroatoms. The van der Waals surface area contributed by atoms with Crippen LogP contribution in [0.1, 0.15) is 25.8 Å². The van der Waals surface area contributed by atoms with Crippen LogP contribution in [-0.4, -0.2) is 30.4 Å². The normalized spacial score (nSPS) is 24.8. The molecule has 0 aliphatic carbocycles. The number of aliphatic hydroxyl groups is 1. The smallest absolute Gasteiger partial charge is 0.243 e. The zero-order valence-corrected chi connectivity index (χ0v) is 12.6. The third-order valence-electron chi connectivity index (χ3n) is 3.53. The van der Waals surface area contributed by atoms with Gasteiger partial charge in [-0.15, -0.1) is 0 Å². The van der Waals surface area contributed by atoms with E-state index in [0.29, 0.717) is 18.0 Å². The molecule has 4 nitrogen and oxygen atoms in total. The third-order valence-corrected chi connectivity index (χ3v) is 5.86.